The lowest BCUT2D eigenvalue weighted by atomic mass is 10.3. The van der Waals surface area contributed by atoms with Gasteiger partial charge in [-0.1, -0.05) is 0 Å². The average Bonchev–Trinajstić information content (AvgIpc) is 2.15. The maximum atomic E-state index is 11.3. The molecule has 2 amide bonds. The average molecular weight is 232 g/mol. The van der Waals surface area contributed by atoms with Gasteiger partial charge in [0.1, 0.15) is 13.1 Å². The third kappa shape index (κ3) is 6.35. The fourth-order valence-corrected chi connectivity index (χ4v) is 0.955. The molecule has 0 aliphatic rings. The van der Waals surface area contributed by atoms with Crippen LogP contribution in [-0.4, -0.2) is 59.0 Å². The van der Waals surface area contributed by atoms with Crippen LogP contribution in [0.25, 0.3) is 0 Å². The first-order valence-corrected chi connectivity index (χ1v) is 4.35. The molecule has 0 aliphatic heterocycles. The summed E-state index contributed by atoms with van der Waals surface area (Å²) in [6.07, 6.45) is 0.255. The summed E-state index contributed by atoms with van der Waals surface area (Å²) in [4.78, 5) is 42.6. The Kier molecular flexibility index (Phi) is 6.25. The second kappa shape index (κ2) is 7.21. The molecule has 0 unspecified atom stereocenters. The SMILES string of the molecule is O=CNCCC(=O)N(CC(=O)O)CC(=O)O. The predicted octanol–water partition coefficient (Wildman–Crippen LogP) is -1.88. The van der Waals surface area contributed by atoms with Gasteiger partial charge in [-0.2, -0.15) is 0 Å². The number of carbonyl (C=O) groups excluding carboxylic acids is 2. The first-order valence-electron chi connectivity index (χ1n) is 4.35. The fraction of sp³-hybridized carbons (Fsp3) is 0.500. The molecule has 90 valence electrons. The highest BCUT2D eigenvalue weighted by molar-refractivity contribution is 5.85. The third-order valence-corrected chi connectivity index (χ3v) is 1.57. The highest BCUT2D eigenvalue weighted by Crippen LogP contribution is 1.94. The van der Waals surface area contributed by atoms with Crippen molar-refractivity contribution in [2.45, 2.75) is 6.42 Å². The van der Waals surface area contributed by atoms with Crippen molar-refractivity contribution < 1.29 is 29.4 Å². The number of hydrogen-bond acceptors (Lipinski definition) is 4. The summed E-state index contributed by atoms with van der Waals surface area (Å²) in [6, 6.07) is 0. The molecule has 0 saturated heterocycles. The molecule has 0 rings (SSSR count). The largest absolute Gasteiger partial charge is 0.480 e. The molecule has 3 N–H and O–H groups in total. The van der Waals surface area contributed by atoms with Gasteiger partial charge in [0.2, 0.25) is 12.3 Å². The van der Waals surface area contributed by atoms with Crippen molar-refractivity contribution in [3.63, 3.8) is 0 Å². The van der Waals surface area contributed by atoms with Crippen molar-refractivity contribution in [3.8, 4) is 0 Å². The molecule has 0 radical (unpaired) electrons. The standard InChI is InChI=1S/C8H12N2O6/c11-5-9-2-1-6(12)10(3-7(13)14)4-8(15)16/h5H,1-4H2,(H,9,11)(H,13,14)(H,15,16). The Morgan fingerprint density at radius 2 is 1.62 bits per heavy atom. The van der Waals surface area contributed by atoms with Crippen LogP contribution in [0.4, 0.5) is 0 Å². The predicted molar refractivity (Wildman–Crippen MR) is 50.5 cm³/mol. The van der Waals surface area contributed by atoms with Gasteiger partial charge in [-0.15, -0.1) is 0 Å². The second-order valence-electron chi connectivity index (χ2n) is 2.86. The Morgan fingerprint density at radius 3 is 2.00 bits per heavy atom. The van der Waals surface area contributed by atoms with E-state index in [0.717, 1.165) is 0 Å². The molecule has 0 saturated carbocycles. The number of nitrogens with zero attached hydrogens (tertiary/aromatic N) is 1. The molecular formula is C8H12N2O6. The van der Waals surface area contributed by atoms with Crippen LogP contribution in [0.15, 0.2) is 0 Å². The van der Waals surface area contributed by atoms with Crippen molar-refractivity contribution in [3.05, 3.63) is 0 Å². The smallest absolute Gasteiger partial charge is 0.323 e. The first-order chi connectivity index (χ1) is 7.47. The molecule has 8 heteroatoms. The van der Waals surface area contributed by atoms with E-state index in [1.54, 1.807) is 0 Å². The number of aliphatic carboxylic acids is 2. The van der Waals surface area contributed by atoms with Gasteiger partial charge in [-0.3, -0.25) is 19.2 Å². The van der Waals surface area contributed by atoms with Gasteiger partial charge in [-0.05, 0) is 0 Å². The summed E-state index contributed by atoms with van der Waals surface area (Å²) in [5.41, 5.74) is 0. The van der Waals surface area contributed by atoms with E-state index in [0.29, 0.717) is 11.3 Å². The highest BCUT2D eigenvalue weighted by atomic mass is 16.4. The number of hydrogen-bond donors (Lipinski definition) is 3. The lowest BCUT2D eigenvalue weighted by Crippen LogP contribution is -2.40. The van der Waals surface area contributed by atoms with Gasteiger partial charge >= 0.3 is 11.9 Å². The van der Waals surface area contributed by atoms with E-state index in [9.17, 15) is 19.2 Å². The van der Waals surface area contributed by atoms with Crippen LogP contribution in [0, 0.1) is 0 Å². The number of carboxylic acid groups (broad SMARTS) is 2. The van der Waals surface area contributed by atoms with Crippen LogP contribution in [0.1, 0.15) is 6.42 Å². The lowest BCUT2D eigenvalue weighted by molar-refractivity contribution is -0.149. The van der Waals surface area contributed by atoms with Gasteiger partial charge in [0.15, 0.2) is 0 Å². The Hall–Kier alpha value is -2.12. The van der Waals surface area contributed by atoms with E-state index in [1.165, 1.54) is 0 Å². The van der Waals surface area contributed by atoms with E-state index < -0.39 is 30.9 Å². The van der Waals surface area contributed by atoms with Crippen molar-refractivity contribution in [1.82, 2.24) is 10.2 Å². The van der Waals surface area contributed by atoms with Gasteiger partial charge in [0.05, 0.1) is 0 Å². The molecule has 0 aromatic rings. The molecule has 0 heterocycles. The molecule has 0 bridgehead atoms. The third-order valence-electron chi connectivity index (χ3n) is 1.57. The number of nitrogens with one attached hydrogen (secondary N) is 1. The molecule has 0 aromatic heterocycles. The topological polar surface area (TPSA) is 124 Å². The Balaban J connectivity index is 4.25. The van der Waals surface area contributed by atoms with Crippen molar-refractivity contribution in [1.29, 1.82) is 0 Å². The normalized spacial score (nSPS) is 9.25. The number of rotatable bonds is 8. The Morgan fingerprint density at radius 1 is 1.12 bits per heavy atom. The quantitative estimate of drug-likeness (QED) is 0.332. The van der Waals surface area contributed by atoms with E-state index in [-0.39, 0.29) is 13.0 Å². The second-order valence-corrected chi connectivity index (χ2v) is 2.86. The number of carbonyl (C=O) groups is 4. The van der Waals surface area contributed by atoms with Crippen LogP contribution in [0.3, 0.4) is 0 Å². The van der Waals surface area contributed by atoms with Crippen LogP contribution in [0.5, 0.6) is 0 Å². The van der Waals surface area contributed by atoms with Crippen molar-refractivity contribution in [2.24, 2.45) is 0 Å². The van der Waals surface area contributed by atoms with Crippen molar-refractivity contribution >= 4 is 24.3 Å². The molecule has 8 nitrogen and oxygen atoms in total. The minimum Gasteiger partial charge on any atom is -0.480 e. The lowest BCUT2D eigenvalue weighted by Gasteiger charge is -2.18. The summed E-state index contributed by atoms with van der Waals surface area (Å²) in [5.74, 6) is -3.23. The van der Waals surface area contributed by atoms with Crippen LogP contribution in [0.2, 0.25) is 0 Å². The molecule has 0 atom stereocenters. The summed E-state index contributed by atoms with van der Waals surface area (Å²) < 4.78 is 0. The maximum absolute atomic E-state index is 11.3. The van der Waals surface area contributed by atoms with E-state index in [4.69, 9.17) is 10.2 Å². The summed E-state index contributed by atoms with van der Waals surface area (Å²) in [6.45, 7) is -1.31. The molecule has 0 fully saturated rings. The van der Waals surface area contributed by atoms with Crippen LogP contribution >= 0.6 is 0 Å². The maximum Gasteiger partial charge on any atom is 0.323 e. The van der Waals surface area contributed by atoms with Crippen LogP contribution < -0.4 is 5.32 Å². The molecule has 0 aromatic carbocycles. The first kappa shape index (κ1) is 13.9. The Bertz CT molecular complexity index is 274. The number of amides is 2. The molecule has 0 spiro atoms. The van der Waals surface area contributed by atoms with Gasteiger partial charge in [-0.25, -0.2) is 0 Å². The van der Waals surface area contributed by atoms with E-state index in [2.05, 4.69) is 5.32 Å². The summed E-state index contributed by atoms with van der Waals surface area (Å²) in [7, 11) is 0. The van der Waals surface area contributed by atoms with E-state index >= 15 is 0 Å². The summed E-state index contributed by atoms with van der Waals surface area (Å²) >= 11 is 0. The molecular weight excluding hydrogens is 220 g/mol. The monoisotopic (exact) mass is 232 g/mol. The zero-order valence-corrected chi connectivity index (χ0v) is 8.38. The Labute approximate surface area is 90.8 Å². The summed E-state index contributed by atoms with van der Waals surface area (Å²) in [5, 5.41) is 19.1. The van der Waals surface area contributed by atoms with Gasteiger partial charge in [0.25, 0.3) is 0 Å². The van der Waals surface area contributed by atoms with E-state index in [1.807, 2.05) is 0 Å². The number of carboxylic acids is 2. The highest BCUT2D eigenvalue weighted by Gasteiger charge is 2.18. The zero-order chi connectivity index (χ0) is 12.6. The van der Waals surface area contributed by atoms with Gasteiger partial charge in [0, 0.05) is 13.0 Å². The minimum absolute atomic E-state index is 0.0398. The molecule has 0 aliphatic carbocycles. The van der Waals surface area contributed by atoms with Crippen molar-refractivity contribution in [2.75, 3.05) is 19.6 Å². The fourth-order valence-electron chi connectivity index (χ4n) is 0.955. The molecule has 16 heavy (non-hydrogen) atoms. The minimum atomic E-state index is -1.29. The zero-order valence-electron chi connectivity index (χ0n) is 8.38. The van der Waals surface area contributed by atoms with Crippen LogP contribution in [-0.2, 0) is 19.2 Å². The van der Waals surface area contributed by atoms with Gasteiger partial charge < -0.3 is 20.4 Å².